The number of aliphatic hydroxyl groups excluding tert-OH is 1. The molecule has 1 amide bonds. The molecule has 1 saturated heterocycles. The van der Waals surface area contributed by atoms with E-state index in [0.717, 1.165) is 29.1 Å². The van der Waals surface area contributed by atoms with Gasteiger partial charge in [0.15, 0.2) is 5.82 Å². The van der Waals surface area contributed by atoms with Crippen LogP contribution in [0, 0.1) is 0 Å². The quantitative estimate of drug-likeness (QED) is 0.219. The largest absolute Gasteiger partial charge is 0.444 e. The van der Waals surface area contributed by atoms with Crippen LogP contribution < -0.4 is 15.8 Å². The molecular weight excluding hydrogens is 679 g/mol. The second-order valence-electron chi connectivity index (χ2n) is 13.1. The van der Waals surface area contributed by atoms with Crippen molar-refractivity contribution in [2.24, 2.45) is 7.05 Å². The lowest BCUT2D eigenvalue weighted by atomic mass is 10.1. The number of ether oxygens (including phenoxy) is 1. The van der Waals surface area contributed by atoms with Crippen molar-refractivity contribution in [2.45, 2.75) is 58.7 Å². The number of anilines is 2. The third-order valence-corrected chi connectivity index (χ3v) is 8.57. The number of benzene rings is 2. The molecule has 1 unspecified atom stereocenters. The van der Waals surface area contributed by atoms with Crippen LogP contribution in [0.25, 0.3) is 28.1 Å². The summed E-state index contributed by atoms with van der Waals surface area (Å²) >= 11 is 6.17. The smallest absolute Gasteiger partial charge is 0.416 e. The van der Waals surface area contributed by atoms with E-state index in [-0.39, 0.29) is 28.9 Å². The Morgan fingerprint density at radius 2 is 1.80 bits per heavy atom. The second kappa shape index (κ2) is 13.1. The first-order valence-corrected chi connectivity index (χ1v) is 16.4. The highest BCUT2D eigenvalue weighted by Crippen LogP contribution is 2.34. The number of rotatable bonds is 7. The lowest BCUT2D eigenvalue weighted by Crippen LogP contribution is -2.51. The van der Waals surface area contributed by atoms with Crippen LogP contribution in [0.5, 0.6) is 0 Å². The molecule has 17 heteroatoms. The van der Waals surface area contributed by atoms with E-state index in [2.05, 4.69) is 15.5 Å². The van der Waals surface area contributed by atoms with Gasteiger partial charge in [-0.3, -0.25) is 9.48 Å². The van der Waals surface area contributed by atoms with Gasteiger partial charge in [0, 0.05) is 56.1 Å². The minimum absolute atomic E-state index is 0.0905. The lowest BCUT2D eigenvalue weighted by molar-refractivity contribution is -0.137. The number of hydrogen-bond donors (Lipinski definition) is 2. The van der Waals surface area contributed by atoms with Crippen LogP contribution in [-0.2, 0) is 30.9 Å². The summed E-state index contributed by atoms with van der Waals surface area (Å²) in [7, 11) is 1.81. The molecule has 1 atom stereocenters. The summed E-state index contributed by atoms with van der Waals surface area (Å²) in [5.74, 6) is 0.424. The van der Waals surface area contributed by atoms with Crippen molar-refractivity contribution in [3.8, 4) is 11.4 Å². The Morgan fingerprint density at radius 3 is 2.44 bits per heavy atom. The zero-order valence-corrected chi connectivity index (χ0v) is 28.9. The van der Waals surface area contributed by atoms with Crippen molar-refractivity contribution in [3.05, 3.63) is 69.2 Å². The molecule has 1 aliphatic rings. The molecule has 5 aromatic rings. The summed E-state index contributed by atoms with van der Waals surface area (Å²) in [4.78, 5) is 35.2. The molecule has 266 valence electrons. The fraction of sp³-hybridized carbons (Fsp3) is 0.424. The van der Waals surface area contributed by atoms with Crippen LogP contribution in [-0.4, -0.2) is 83.1 Å². The number of halogens is 4. The number of aliphatic hydroxyl groups is 1. The summed E-state index contributed by atoms with van der Waals surface area (Å²) in [5.41, 5.74) is 0.388. The van der Waals surface area contributed by atoms with Gasteiger partial charge in [0.05, 0.1) is 28.3 Å². The van der Waals surface area contributed by atoms with E-state index in [1.807, 2.05) is 37.2 Å². The topological polar surface area (TPSA) is 135 Å². The van der Waals surface area contributed by atoms with Crippen molar-refractivity contribution >= 4 is 45.7 Å². The number of carbonyl (C=O) groups is 1. The third-order valence-electron chi connectivity index (χ3n) is 8.26. The Morgan fingerprint density at radius 1 is 1.08 bits per heavy atom. The molecule has 0 bridgehead atoms. The van der Waals surface area contributed by atoms with E-state index in [1.165, 1.54) is 4.52 Å². The molecule has 0 saturated carbocycles. The number of alkyl halides is 3. The first-order chi connectivity index (χ1) is 23.5. The predicted molar refractivity (Wildman–Crippen MR) is 182 cm³/mol. The summed E-state index contributed by atoms with van der Waals surface area (Å²) in [5, 5.41) is 23.7. The average molecular weight is 716 g/mol. The maximum absolute atomic E-state index is 14.3. The Kier molecular flexibility index (Phi) is 9.20. The summed E-state index contributed by atoms with van der Waals surface area (Å²) in [6.07, 6.45) is -4.19. The number of hydrogen-bond acceptors (Lipinski definition) is 9. The maximum Gasteiger partial charge on any atom is 0.416 e. The van der Waals surface area contributed by atoms with Gasteiger partial charge in [0.1, 0.15) is 17.5 Å². The molecule has 1 fully saturated rings. The minimum Gasteiger partial charge on any atom is -0.444 e. The van der Waals surface area contributed by atoms with Gasteiger partial charge < -0.3 is 29.5 Å². The molecular formula is C33H37ClF3N9O4. The molecule has 2 N–H and O–H groups in total. The fourth-order valence-electron chi connectivity index (χ4n) is 6.01. The van der Waals surface area contributed by atoms with Crippen LogP contribution >= 0.6 is 11.6 Å². The number of carbonyl (C=O) groups excluding carboxylic acids is 1. The van der Waals surface area contributed by atoms with E-state index >= 15 is 0 Å². The van der Waals surface area contributed by atoms with Crippen molar-refractivity contribution in [1.82, 2.24) is 33.8 Å². The lowest BCUT2D eigenvalue weighted by Gasteiger charge is -2.37. The van der Waals surface area contributed by atoms with Gasteiger partial charge in [0.2, 0.25) is 5.78 Å². The number of fused-ring (bicyclic) bond motifs is 2. The van der Waals surface area contributed by atoms with Crippen LogP contribution in [0.15, 0.2) is 47.4 Å². The molecule has 1 aliphatic heterocycles. The second-order valence-corrected chi connectivity index (χ2v) is 13.5. The van der Waals surface area contributed by atoms with E-state index in [0.29, 0.717) is 49.5 Å². The first-order valence-electron chi connectivity index (χ1n) is 16.0. The summed E-state index contributed by atoms with van der Waals surface area (Å²) in [6.45, 7) is 8.34. The SMILES string of the molecule is CCc1c(N2CCN(C(=O)OC(C)(C)C)CC2)c(=O)n2nc(-c3ccc4nn(C)cc4c3)nc2n1CC(O)Nc1ccc(C(F)(F)F)cc1Cl. The van der Waals surface area contributed by atoms with Crippen LogP contribution in [0.4, 0.5) is 29.3 Å². The Bertz CT molecular complexity index is 2130. The van der Waals surface area contributed by atoms with Crippen LogP contribution in [0.2, 0.25) is 5.02 Å². The molecule has 50 heavy (non-hydrogen) atoms. The fourth-order valence-corrected chi connectivity index (χ4v) is 6.25. The minimum atomic E-state index is -4.58. The van der Waals surface area contributed by atoms with Gasteiger partial charge in [-0.25, -0.2) is 4.79 Å². The van der Waals surface area contributed by atoms with Crippen LogP contribution in [0.1, 0.15) is 39.0 Å². The van der Waals surface area contributed by atoms with Crippen molar-refractivity contribution in [3.63, 3.8) is 0 Å². The Labute approximate surface area is 289 Å². The zero-order chi connectivity index (χ0) is 36.1. The van der Waals surface area contributed by atoms with Gasteiger partial charge in [0.25, 0.3) is 5.56 Å². The van der Waals surface area contributed by atoms with Crippen molar-refractivity contribution in [1.29, 1.82) is 0 Å². The molecule has 0 radical (unpaired) electrons. The zero-order valence-electron chi connectivity index (χ0n) is 28.1. The third kappa shape index (κ3) is 7.07. The van der Waals surface area contributed by atoms with E-state index in [4.69, 9.17) is 21.3 Å². The number of amides is 1. The molecule has 0 spiro atoms. The molecule has 3 aromatic heterocycles. The van der Waals surface area contributed by atoms with E-state index in [9.17, 15) is 27.9 Å². The molecule has 2 aromatic carbocycles. The number of aryl methyl sites for hydroxylation is 1. The number of piperazine rings is 1. The van der Waals surface area contributed by atoms with E-state index < -0.39 is 35.2 Å². The number of nitrogens with one attached hydrogen (secondary N) is 1. The van der Waals surface area contributed by atoms with Gasteiger partial charge in [-0.1, -0.05) is 18.5 Å². The van der Waals surface area contributed by atoms with Gasteiger partial charge in [-0.05, 0) is 63.6 Å². The summed E-state index contributed by atoms with van der Waals surface area (Å²) < 4.78 is 49.8. The Hall–Kier alpha value is -4.83. The van der Waals surface area contributed by atoms with E-state index in [1.54, 1.807) is 41.0 Å². The highest BCUT2D eigenvalue weighted by Gasteiger charge is 2.32. The maximum atomic E-state index is 14.3. The average Bonchev–Trinajstić information content (AvgIpc) is 3.65. The standard InChI is InChI=1S/C33H37ClF3N9O4/c1-6-25-27(43-11-13-44(14-12-43)31(49)50-32(2,3)4)29(48)46-30(39-28(41-46)19-7-9-23-20(15-19)17-42(5)40-23)45(25)18-26(47)38-24-10-8-21(16-22(24)34)33(35,36)37/h7-10,15-17,26,38,47H,6,11-14,18H2,1-5H3. The Balaban J connectivity index is 1.40. The van der Waals surface area contributed by atoms with Gasteiger partial charge in [-0.2, -0.15) is 27.8 Å². The number of nitrogens with zero attached hydrogens (tertiary/aromatic N) is 8. The van der Waals surface area contributed by atoms with Crippen molar-refractivity contribution < 1.29 is 27.8 Å². The molecule has 6 rings (SSSR count). The molecule has 13 nitrogen and oxygen atoms in total. The molecule has 4 heterocycles. The monoisotopic (exact) mass is 715 g/mol. The van der Waals surface area contributed by atoms with Gasteiger partial charge >= 0.3 is 12.3 Å². The highest BCUT2D eigenvalue weighted by molar-refractivity contribution is 6.33. The highest BCUT2D eigenvalue weighted by atomic mass is 35.5. The predicted octanol–water partition coefficient (Wildman–Crippen LogP) is 5.17. The summed E-state index contributed by atoms with van der Waals surface area (Å²) in [6, 6.07) is 8.30. The first kappa shape index (κ1) is 35.0. The van der Waals surface area contributed by atoms with Crippen molar-refractivity contribution in [2.75, 3.05) is 36.4 Å². The number of aromatic nitrogens is 6. The van der Waals surface area contributed by atoms with Crippen LogP contribution in [0.3, 0.4) is 0 Å². The normalized spacial score (nSPS) is 14.8. The molecule has 0 aliphatic carbocycles. The van der Waals surface area contributed by atoms with Gasteiger partial charge in [-0.15, -0.1) is 5.10 Å².